The third-order valence-corrected chi connectivity index (χ3v) is 5.44. The highest BCUT2D eigenvalue weighted by Crippen LogP contribution is 2.26. The fraction of sp³-hybridized carbons (Fsp3) is 0.333. The Labute approximate surface area is 126 Å². The van der Waals surface area contributed by atoms with Crippen molar-refractivity contribution in [3.63, 3.8) is 0 Å². The summed E-state index contributed by atoms with van der Waals surface area (Å²) in [6.45, 7) is 0. The maximum absolute atomic E-state index is 6.29. The van der Waals surface area contributed by atoms with E-state index in [-0.39, 0.29) is 6.04 Å². The molecule has 1 aromatic carbocycles. The van der Waals surface area contributed by atoms with E-state index in [1.165, 1.54) is 38.8 Å². The Morgan fingerprint density at radius 2 is 2.06 bits per heavy atom. The Hall–Kier alpha value is -0.390. The molecule has 3 rings (SSSR count). The van der Waals surface area contributed by atoms with Crippen LogP contribution in [0.25, 0.3) is 0 Å². The smallest absolute Gasteiger partial charge is 0.0656 e. The predicted octanol–water partition coefficient (Wildman–Crippen LogP) is 4.08. The van der Waals surface area contributed by atoms with Crippen LogP contribution in [0.15, 0.2) is 29.6 Å². The molecule has 1 nitrogen and oxygen atoms in total. The molecule has 0 radical (unpaired) electrons. The van der Waals surface area contributed by atoms with Crippen LogP contribution >= 0.6 is 33.9 Å². The van der Waals surface area contributed by atoms with Crippen molar-refractivity contribution in [3.05, 3.63) is 54.8 Å². The lowest BCUT2D eigenvalue weighted by atomic mass is 9.99. The second-order valence-electron chi connectivity index (χ2n) is 4.95. The average Bonchev–Trinajstić information content (AvgIpc) is 2.96. The average molecular weight is 369 g/mol. The van der Waals surface area contributed by atoms with Gasteiger partial charge in [0.2, 0.25) is 0 Å². The van der Waals surface area contributed by atoms with Gasteiger partial charge in [-0.25, -0.2) is 0 Å². The van der Waals surface area contributed by atoms with Gasteiger partial charge in [-0.05, 0) is 82.0 Å². The van der Waals surface area contributed by atoms with Crippen molar-refractivity contribution in [1.82, 2.24) is 0 Å². The van der Waals surface area contributed by atoms with Gasteiger partial charge in [-0.3, -0.25) is 0 Å². The summed E-state index contributed by atoms with van der Waals surface area (Å²) >= 11 is 4.12. The second-order valence-corrected chi connectivity index (χ2v) is 7.76. The minimum absolute atomic E-state index is 0.129. The molecule has 1 aliphatic carbocycles. The maximum atomic E-state index is 6.29. The van der Waals surface area contributed by atoms with Crippen LogP contribution in [-0.4, -0.2) is 0 Å². The Morgan fingerprint density at radius 3 is 2.83 bits per heavy atom. The topological polar surface area (TPSA) is 26.0 Å². The van der Waals surface area contributed by atoms with Crippen molar-refractivity contribution >= 4 is 33.9 Å². The molecule has 0 saturated heterocycles. The molecule has 1 heterocycles. The summed E-state index contributed by atoms with van der Waals surface area (Å²) in [5, 5.41) is 2.18. The molecule has 94 valence electrons. The summed E-state index contributed by atoms with van der Waals surface area (Å²) in [6.07, 6.45) is 4.76. The number of fused-ring (bicyclic) bond motifs is 1. The van der Waals surface area contributed by atoms with E-state index in [0.29, 0.717) is 0 Å². The number of aryl methyl sites for hydroxylation is 2. The highest BCUT2D eigenvalue weighted by molar-refractivity contribution is 14.1. The molecule has 0 spiro atoms. The monoisotopic (exact) mass is 369 g/mol. The number of hydrogen-bond acceptors (Lipinski definition) is 2. The number of nitrogens with two attached hydrogens (primary N) is 1. The van der Waals surface area contributed by atoms with Crippen LogP contribution in [0.1, 0.15) is 34.7 Å². The molecule has 2 N–H and O–H groups in total. The molecular weight excluding hydrogens is 353 g/mol. The van der Waals surface area contributed by atoms with E-state index in [2.05, 4.69) is 52.2 Å². The number of hydrogen-bond donors (Lipinski definition) is 1. The summed E-state index contributed by atoms with van der Waals surface area (Å²) in [6, 6.07) is 9.23. The summed E-state index contributed by atoms with van der Waals surface area (Å²) in [5.74, 6) is 0. The van der Waals surface area contributed by atoms with Gasteiger partial charge in [0.1, 0.15) is 0 Å². The first-order valence-electron chi connectivity index (χ1n) is 6.32. The zero-order valence-corrected chi connectivity index (χ0v) is 13.1. The summed E-state index contributed by atoms with van der Waals surface area (Å²) < 4.78 is 1.31. The fourth-order valence-corrected chi connectivity index (χ4v) is 4.08. The fourth-order valence-electron chi connectivity index (χ4n) is 2.64. The molecule has 1 aromatic heterocycles. The van der Waals surface area contributed by atoms with Crippen LogP contribution in [-0.2, 0) is 19.3 Å². The Kier molecular flexibility index (Phi) is 3.73. The van der Waals surface area contributed by atoms with E-state index in [9.17, 15) is 0 Å². The highest BCUT2D eigenvalue weighted by Gasteiger charge is 2.13. The molecule has 0 amide bonds. The number of benzene rings is 1. The summed E-state index contributed by atoms with van der Waals surface area (Å²) in [7, 11) is 0. The van der Waals surface area contributed by atoms with Gasteiger partial charge in [-0.15, -0.1) is 11.3 Å². The van der Waals surface area contributed by atoms with Gasteiger partial charge in [0.15, 0.2) is 0 Å². The van der Waals surface area contributed by atoms with Gasteiger partial charge in [-0.2, -0.15) is 0 Å². The Balaban J connectivity index is 1.76. The summed E-state index contributed by atoms with van der Waals surface area (Å²) in [5.41, 5.74) is 12.0. The van der Waals surface area contributed by atoms with Crippen molar-refractivity contribution in [1.29, 1.82) is 0 Å². The normalized spacial score (nSPS) is 15.7. The molecule has 1 atom stereocenters. The van der Waals surface area contributed by atoms with Crippen LogP contribution in [0.2, 0.25) is 0 Å². The van der Waals surface area contributed by atoms with E-state index in [1.807, 2.05) is 0 Å². The van der Waals surface area contributed by atoms with E-state index in [4.69, 9.17) is 5.73 Å². The Morgan fingerprint density at radius 1 is 1.22 bits per heavy atom. The first-order valence-corrected chi connectivity index (χ1v) is 8.28. The van der Waals surface area contributed by atoms with Crippen molar-refractivity contribution < 1.29 is 0 Å². The molecule has 0 aliphatic heterocycles. The van der Waals surface area contributed by atoms with Crippen LogP contribution in [0, 0.1) is 2.88 Å². The lowest BCUT2D eigenvalue weighted by Gasteiger charge is -2.11. The van der Waals surface area contributed by atoms with E-state index >= 15 is 0 Å². The highest BCUT2D eigenvalue weighted by atomic mass is 127. The first-order chi connectivity index (χ1) is 8.72. The number of rotatable bonds is 3. The largest absolute Gasteiger partial charge is 0.324 e. The molecule has 3 heteroatoms. The molecule has 18 heavy (non-hydrogen) atoms. The van der Waals surface area contributed by atoms with Crippen molar-refractivity contribution in [2.45, 2.75) is 31.7 Å². The second kappa shape index (κ2) is 5.31. The Bertz CT molecular complexity index is 561. The number of halogens is 1. The van der Waals surface area contributed by atoms with Gasteiger partial charge in [0, 0.05) is 6.04 Å². The van der Waals surface area contributed by atoms with Gasteiger partial charge in [0.25, 0.3) is 0 Å². The van der Waals surface area contributed by atoms with Crippen molar-refractivity contribution in [2.24, 2.45) is 5.73 Å². The molecular formula is C15H16INS. The minimum atomic E-state index is 0.129. The zero-order valence-electron chi connectivity index (χ0n) is 10.2. The van der Waals surface area contributed by atoms with Crippen LogP contribution < -0.4 is 5.73 Å². The van der Waals surface area contributed by atoms with E-state index in [0.717, 1.165) is 6.42 Å². The van der Waals surface area contributed by atoms with Crippen LogP contribution in [0.3, 0.4) is 0 Å². The standard InChI is InChI=1S/C15H16INS/c16-15-8-13(9-18-15)14(17)7-10-4-5-11-2-1-3-12(11)6-10/h4-6,8-9,14H,1-3,7,17H2. The summed E-state index contributed by atoms with van der Waals surface area (Å²) in [4.78, 5) is 0. The van der Waals surface area contributed by atoms with Crippen molar-refractivity contribution in [2.75, 3.05) is 0 Å². The minimum Gasteiger partial charge on any atom is -0.324 e. The van der Waals surface area contributed by atoms with E-state index in [1.54, 1.807) is 16.9 Å². The molecule has 0 bridgehead atoms. The number of thiophene rings is 1. The zero-order chi connectivity index (χ0) is 12.5. The van der Waals surface area contributed by atoms with Gasteiger partial charge >= 0.3 is 0 Å². The quantitative estimate of drug-likeness (QED) is 0.811. The van der Waals surface area contributed by atoms with Crippen molar-refractivity contribution in [3.8, 4) is 0 Å². The van der Waals surface area contributed by atoms with Gasteiger partial charge < -0.3 is 5.73 Å². The molecule has 1 unspecified atom stereocenters. The van der Waals surface area contributed by atoms with Crippen LogP contribution in [0.5, 0.6) is 0 Å². The SMILES string of the molecule is NC(Cc1ccc2c(c1)CCC2)c1csc(I)c1. The molecule has 0 fully saturated rings. The lowest BCUT2D eigenvalue weighted by Crippen LogP contribution is -2.12. The molecule has 0 saturated carbocycles. The van der Waals surface area contributed by atoms with Gasteiger partial charge in [-0.1, -0.05) is 18.2 Å². The van der Waals surface area contributed by atoms with E-state index < -0.39 is 0 Å². The third kappa shape index (κ3) is 2.63. The van der Waals surface area contributed by atoms with Crippen LogP contribution in [0.4, 0.5) is 0 Å². The van der Waals surface area contributed by atoms with Gasteiger partial charge in [0.05, 0.1) is 2.88 Å². The molecule has 1 aliphatic rings. The molecule has 2 aromatic rings. The third-order valence-electron chi connectivity index (χ3n) is 3.63. The maximum Gasteiger partial charge on any atom is 0.0656 e. The lowest BCUT2D eigenvalue weighted by molar-refractivity contribution is 0.724. The first kappa shape index (κ1) is 12.6. The predicted molar refractivity (Wildman–Crippen MR) is 86.1 cm³/mol.